The third kappa shape index (κ3) is 11.6. The van der Waals surface area contributed by atoms with Crippen molar-refractivity contribution in [2.75, 3.05) is 13.2 Å². The number of rotatable bonds is 5. The monoisotopic (exact) mass is 284 g/mol. The number of unbranched alkanes of at least 4 members (excludes halogenated alkanes) is 3. The van der Waals surface area contributed by atoms with E-state index < -0.39 is 18.1 Å². The number of Topliss-reactive ketones (excluding diaryl/α,β-unsaturated/α-hetero) is 1. The minimum Gasteiger partial charge on any atom is -0.396 e. The van der Waals surface area contributed by atoms with Crippen LogP contribution in [0.4, 0.5) is 26.3 Å². The van der Waals surface area contributed by atoms with Gasteiger partial charge in [-0.05, 0) is 12.8 Å². The summed E-state index contributed by atoms with van der Waals surface area (Å²) < 4.78 is 65.3. The zero-order valence-electron chi connectivity index (χ0n) is 9.31. The van der Waals surface area contributed by atoms with Gasteiger partial charge >= 0.3 is 18.1 Å². The van der Waals surface area contributed by atoms with Gasteiger partial charge in [0.05, 0.1) is 0 Å². The fraction of sp³-hybridized carbons (Fsp3) is 0.889. The summed E-state index contributed by atoms with van der Waals surface area (Å²) in [5, 5.41) is 16.6. The minimum absolute atomic E-state index is 0.283. The van der Waals surface area contributed by atoms with E-state index in [1.165, 1.54) is 0 Å². The Morgan fingerprint density at radius 3 is 1.11 bits per heavy atom. The Bertz CT molecular complexity index is 201. The normalized spacial score (nSPS) is 11.8. The minimum atomic E-state index is -5.82. The van der Waals surface area contributed by atoms with Crippen molar-refractivity contribution in [2.45, 2.75) is 38.0 Å². The molecule has 0 heterocycles. The molecule has 110 valence electrons. The summed E-state index contributed by atoms with van der Waals surface area (Å²) in [6.07, 6.45) is -7.81. The van der Waals surface area contributed by atoms with Crippen LogP contribution in [0.2, 0.25) is 0 Å². The van der Waals surface area contributed by atoms with E-state index in [0.29, 0.717) is 0 Å². The van der Waals surface area contributed by atoms with E-state index in [-0.39, 0.29) is 13.2 Å². The molecule has 0 bridgehead atoms. The first-order chi connectivity index (χ1) is 8.07. The zero-order chi connectivity index (χ0) is 14.8. The Morgan fingerprint density at radius 1 is 0.722 bits per heavy atom. The number of halogens is 6. The number of alkyl halides is 6. The van der Waals surface area contributed by atoms with Crippen LogP contribution in [0.15, 0.2) is 0 Å². The number of hydrogen-bond acceptors (Lipinski definition) is 3. The molecule has 0 aromatic rings. The molecule has 3 nitrogen and oxygen atoms in total. The van der Waals surface area contributed by atoms with E-state index in [4.69, 9.17) is 10.2 Å². The molecule has 0 radical (unpaired) electrons. The zero-order valence-corrected chi connectivity index (χ0v) is 9.31. The molecule has 0 saturated carbocycles. The Hall–Kier alpha value is -0.830. The number of carbonyl (C=O) groups excluding carboxylic acids is 1. The Kier molecular flexibility index (Phi) is 9.91. The predicted octanol–water partition coefficient (Wildman–Crippen LogP) is 2.21. The number of ketones is 1. The molecule has 0 aliphatic heterocycles. The lowest BCUT2D eigenvalue weighted by molar-refractivity contribution is -0.217. The second kappa shape index (κ2) is 9.15. The van der Waals surface area contributed by atoms with Crippen LogP contribution in [0.1, 0.15) is 25.7 Å². The highest BCUT2D eigenvalue weighted by Crippen LogP contribution is 2.28. The van der Waals surface area contributed by atoms with Gasteiger partial charge in [0.25, 0.3) is 0 Å². The average molecular weight is 284 g/mol. The molecule has 0 fully saturated rings. The highest BCUT2D eigenvalue weighted by molar-refractivity contribution is 5.89. The van der Waals surface area contributed by atoms with Gasteiger partial charge in [-0.2, -0.15) is 26.3 Å². The SMILES string of the molecule is O=C(C(F)(F)F)C(F)(F)F.OCCCCCCO. The highest BCUT2D eigenvalue weighted by atomic mass is 19.4. The summed E-state index contributed by atoms with van der Waals surface area (Å²) in [4.78, 5) is 9.24. The Balaban J connectivity index is 0. The first kappa shape index (κ1) is 19.5. The van der Waals surface area contributed by atoms with Gasteiger partial charge in [-0.15, -0.1) is 0 Å². The van der Waals surface area contributed by atoms with Gasteiger partial charge in [-0.1, -0.05) is 12.8 Å². The largest absolute Gasteiger partial charge is 0.459 e. The van der Waals surface area contributed by atoms with Crippen molar-refractivity contribution in [2.24, 2.45) is 0 Å². The van der Waals surface area contributed by atoms with Crippen LogP contribution in [0, 0.1) is 0 Å². The van der Waals surface area contributed by atoms with Crippen molar-refractivity contribution >= 4 is 5.78 Å². The summed E-state index contributed by atoms with van der Waals surface area (Å²) in [6, 6.07) is 0. The maximum Gasteiger partial charge on any atom is 0.459 e. The van der Waals surface area contributed by atoms with Crippen LogP contribution >= 0.6 is 0 Å². The van der Waals surface area contributed by atoms with Crippen molar-refractivity contribution < 1.29 is 41.4 Å². The molecule has 0 rings (SSSR count). The standard InChI is InChI=1S/C6H14O2.C3F6O/c7-5-3-1-2-4-6-8;4-2(5,6)1(10)3(7,8)9/h7-8H,1-6H2;. The molecule has 0 unspecified atom stereocenters. The topological polar surface area (TPSA) is 57.5 Å². The van der Waals surface area contributed by atoms with E-state index in [2.05, 4.69) is 0 Å². The van der Waals surface area contributed by atoms with E-state index in [0.717, 1.165) is 25.7 Å². The van der Waals surface area contributed by atoms with Crippen molar-refractivity contribution in [3.05, 3.63) is 0 Å². The summed E-state index contributed by atoms with van der Waals surface area (Å²) in [5.41, 5.74) is 0. The molecule has 0 atom stereocenters. The summed E-state index contributed by atoms with van der Waals surface area (Å²) >= 11 is 0. The van der Waals surface area contributed by atoms with Crippen LogP contribution in [-0.2, 0) is 4.79 Å². The lowest BCUT2D eigenvalue weighted by Crippen LogP contribution is -2.36. The first-order valence-electron chi connectivity index (χ1n) is 4.97. The van der Waals surface area contributed by atoms with Gasteiger partial charge in [0.1, 0.15) is 0 Å². The van der Waals surface area contributed by atoms with E-state index in [1.807, 2.05) is 0 Å². The fourth-order valence-corrected chi connectivity index (χ4v) is 0.738. The van der Waals surface area contributed by atoms with Gasteiger partial charge in [-0.3, -0.25) is 4.79 Å². The second-order valence-corrected chi connectivity index (χ2v) is 3.19. The highest BCUT2D eigenvalue weighted by Gasteiger charge is 2.55. The quantitative estimate of drug-likeness (QED) is 0.601. The first-order valence-corrected chi connectivity index (χ1v) is 4.97. The second-order valence-electron chi connectivity index (χ2n) is 3.19. The molecule has 9 heteroatoms. The maximum absolute atomic E-state index is 10.9. The number of carbonyl (C=O) groups is 1. The van der Waals surface area contributed by atoms with Crippen LogP contribution < -0.4 is 0 Å². The van der Waals surface area contributed by atoms with E-state index in [1.54, 1.807) is 0 Å². The molecule has 18 heavy (non-hydrogen) atoms. The third-order valence-electron chi connectivity index (χ3n) is 1.58. The van der Waals surface area contributed by atoms with Crippen molar-refractivity contribution in [3.8, 4) is 0 Å². The van der Waals surface area contributed by atoms with Crippen molar-refractivity contribution in [1.29, 1.82) is 0 Å². The molecular formula is C9H14F6O3. The number of hydrogen-bond donors (Lipinski definition) is 2. The Morgan fingerprint density at radius 2 is 1.00 bits per heavy atom. The summed E-state index contributed by atoms with van der Waals surface area (Å²) in [6.45, 7) is 0.566. The van der Waals surface area contributed by atoms with Gasteiger partial charge in [-0.25, -0.2) is 0 Å². The lowest BCUT2D eigenvalue weighted by atomic mass is 10.2. The molecule has 0 saturated heterocycles. The molecular weight excluding hydrogens is 270 g/mol. The fourth-order valence-electron chi connectivity index (χ4n) is 0.738. The summed E-state index contributed by atoms with van der Waals surface area (Å²) in [5.74, 6) is -3.68. The molecule has 0 spiro atoms. The number of aliphatic hydroxyl groups is 2. The molecule has 0 amide bonds. The van der Waals surface area contributed by atoms with Crippen molar-refractivity contribution in [1.82, 2.24) is 0 Å². The van der Waals surface area contributed by atoms with Crippen LogP contribution in [-0.4, -0.2) is 41.6 Å². The van der Waals surface area contributed by atoms with Gasteiger partial charge in [0.15, 0.2) is 0 Å². The van der Waals surface area contributed by atoms with Gasteiger partial charge < -0.3 is 10.2 Å². The van der Waals surface area contributed by atoms with Gasteiger partial charge in [0, 0.05) is 13.2 Å². The molecule has 0 aromatic heterocycles. The summed E-state index contributed by atoms with van der Waals surface area (Å²) in [7, 11) is 0. The third-order valence-corrected chi connectivity index (χ3v) is 1.58. The lowest BCUT2D eigenvalue weighted by Gasteiger charge is -2.06. The van der Waals surface area contributed by atoms with Crippen LogP contribution in [0.25, 0.3) is 0 Å². The predicted molar refractivity (Wildman–Crippen MR) is 49.8 cm³/mol. The van der Waals surface area contributed by atoms with Crippen LogP contribution in [0.3, 0.4) is 0 Å². The van der Waals surface area contributed by atoms with Crippen LogP contribution in [0.5, 0.6) is 0 Å². The maximum atomic E-state index is 10.9. The van der Waals surface area contributed by atoms with Crippen molar-refractivity contribution in [3.63, 3.8) is 0 Å². The smallest absolute Gasteiger partial charge is 0.396 e. The molecule has 2 N–H and O–H groups in total. The van der Waals surface area contributed by atoms with E-state index >= 15 is 0 Å². The average Bonchev–Trinajstić information content (AvgIpc) is 2.22. The van der Waals surface area contributed by atoms with E-state index in [9.17, 15) is 31.1 Å². The number of aliphatic hydroxyl groups excluding tert-OH is 2. The Labute approximate surface area is 99.4 Å². The molecule has 0 aliphatic carbocycles. The molecule has 0 aromatic carbocycles. The van der Waals surface area contributed by atoms with Gasteiger partial charge in [0.2, 0.25) is 0 Å². The molecule has 0 aliphatic rings.